The molecule has 1 aromatic carbocycles. The molecule has 0 spiro atoms. The van der Waals surface area contributed by atoms with E-state index in [4.69, 9.17) is 22.1 Å². The molecule has 0 aliphatic carbocycles. The molecule has 2 aromatic rings. The molecular weight excluding hydrogens is 282 g/mol. The second-order valence-corrected chi connectivity index (χ2v) is 5.56. The Hall–Kier alpha value is -1.30. The molecule has 0 amide bonds. The highest BCUT2D eigenvalue weighted by Gasteiger charge is 2.16. The van der Waals surface area contributed by atoms with Crippen LogP contribution in [0.1, 0.15) is 17.8 Å². The summed E-state index contributed by atoms with van der Waals surface area (Å²) in [5, 5.41) is 4.45. The van der Waals surface area contributed by atoms with Gasteiger partial charge in [-0.25, -0.2) is 4.98 Å². The first-order valence-corrected chi connectivity index (χ1v) is 7.04. The molecular formula is C13H16ClN3OS. The summed E-state index contributed by atoms with van der Waals surface area (Å²) in [6, 6.07) is 5.54. The summed E-state index contributed by atoms with van der Waals surface area (Å²) in [6.07, 6.45) is 0. The zero-order chi connectivity index (χ0) is 14.0. The number of benzene rings is 1. The number of methoxy groups -OCH3 is 1. The van der Waals surface area contributed by atoms with Gasteiger partial charge >= 0.3 is 0 Å². The van der Waals surface area contributed by atoms with E-state index in [2.05, 4.69) is 10.3 Å². The topological polar surface area (TPSA) is 60.2 Å². The first-order chi connectivity index (χ1) is 9.06. The Bertz CT molecular complexity index is 583. The molecule has 0 fully saturated rings. The molecule has 0 aliphatic rings. The van der Waals surface area contributed by atoms with Gasteiger partial charge in [0.1, 0.15) is 5.75 Å². The highest BCUT2D eigenvalue weighted by atomic mass is 35.5. The Morgan fingerprint density at radius 2 is 2.21 bits per heavy atom. The lowest BCUT2D eigenvalue weighted by Crippen LogP contribution is -2.04. The van der Waals surface area contributed by atoms with Crippen LogP contribution >= 0.6 is 22.9 Å². The highest BCUT2D eigenvalue weighted by molar-refractivity contribution is 7.16. The van der Waals surface area contributed by atoms with E-state index in [0.29, 0.717) is 10.8 Å². The molecule has 0 saturated carbocycles. The molecule has 102 valence electrons. The minimum atomic E-state index is -0.0736. The Balaban J connectivity index is 2.51. The lowest BCUT2D eigenvalue weighted by Gasteiger charge is -2.07. The van der Waals surface area contributed by atoms with Gasteiger partial charge in [0.05, 0.1) is 22.7 Å². The first kappa shape index (κ1) is 14.1. The lowest BCUT2D eigenvalue weighted by molar-refractivity contribution is 0.415. The fourth-order valence-electron chi connectivity index (χ4n) is 1.77. The average Bonchev–Trinajstić information content (AvgIpc) is 2.83. The third kappa shape index (κ3) is 2.83. The standard InChI is InChI=1S/C13H16ClN3OS/c1-7(15)12-11(17-13(16-2)19-12)8-4-5-10(18-3)9(14)6-8/h4-7H,15H2,1-3H3,(H,16,17). The van der Waals surface area contributed by atoms with Crippen molar-refractivity contribution in [3.63, 3.8) is 0 Å². The lowest BCUT2D eigenvalue weighted by atomic mass is 10.1. The van der Waals surface area contributed by atoms with Gasteiger partial charge in [0.15, 0.2) is 5.13 Å². The van der Waals surface area contributed by atoms with E-state index in [9.17, 15) is 0 Å². The fourth-order valence-corrected chi connectivity index (χ4v) is 2.92. The highest BCUT2D eigenvalue weighted by Crippen LogP contribution is 2.37. The smallest absolute Gasteiger partial charge is 0.183 e. The Labute approximate surface area is 121 Å². The molecule has 1 heterocycles. The van der Waals surface area contributed by atoms with Gasteiger partial charge in [0, 0.05) is 18.7 Å². The third-order valence-electron chi connectivity index (χ3n) is 2.71. The number of thiazole rings is 1. The van der Waals surface area contributed by atoms with E-state index in [-0.39, 0.29) is 6.04 Å². The molecule has 4 nitrogen and oxygen atoms in total. The fraction of sp³-hybridized carbons (Fsp3) is 0.308. The van der Waals surface area contributed by atoms with Gasteiger partial charge in [-0.15, -0.1) is 0 Å². The maximum Gasteiger partial charge on any atom is 0.183 e. The van der Waals surface area contributed by atoms with Crippen molar-refractivity contribution in [2.75, 3.05) is 19.5 Å². The van der Waals surface area contributed by atoms with Gasteiger partial charge in [-0.2, -0.15) is 0 Å². The number of halogens is 1. The predicted molar refractivity (Wildman–Crippen MR) is 81.3 cm³/mol. The minimum Gasteiger partial charge on any atom is -0.495 e. The number of anilines is 1. The summed E-state index contributed by atoms with van der Waals surface area (Å²) in [7, 11) is 3.44. The maximum atomic E-state index is 6.16. The summed E-state index contributed by atoms with van der Waals surface area (Å²) in [5.74, 6) is 0.650. The molecule has 3 N–H and O–H groups in total. The molecule has 1 unspecified atom stereocenters. The van der Waals surface area contributed by atoms with Crippen LogP contribution < -0.4 is 15.8 Å². The summed E-state index contributed by atoms with van der Waals surface area (Å²) in [6.45, 7) is 1.95. The van der Waals surface area contributed by atoms with Gasteiger partial charge < -0.3 is 15.8 Å². The van der Waals surface area contributed by atoms with E-state index >= 15 is 0 Å². The molecule has 0 bridgehead atoms. The van der Waals surface area contributed by atoms with E-state index in [1.165, 1.54) is 0 Å². The molecule has 0 radical (unpaired) electrons. The van der Waals surface area contributed by atoms with Gasteiger partial charge in [0.2, 0.25) is 0 Å². The van der Waals surface area contributed by atoms with Crippen molar-refractivity contribution < 1.29 is 4.74 Å². The zero-order valence-electron chi connectivity index (χ0n) is 11.0. The molecule has 1 aromatic heterocycles. The van der Waals surface area contributed by atoms with Crippen LogP contribution in [0, 0.1) is 0 Å². The van der Waals surface area contributed by atoms with E-state index in [0.717, 1.165) is 21.3 Å². The second kappa shape index (κ2) is 5.77. The summed E-state index contributed by atoms with van der Waals surface area (Å²) in [5.41, 5.74) is 7.81. The molecule has 0 aliphatic heterocycles. The third-order valence-corrected chi connectivity index (χ3v) is 4.28. The Morgan fingerprint density at radius 1 is 1.47 bits per heavy atom. The van der Waals surface area contributed by atoms with Gasteiger partial charge in [-0.1, -0.05) is 22.9 Å². The number of nitrogens with one attached hydrogen (secondary N) is 1. The monoisotopic (exact) mass is 297 g/mol. The number of hydrogen-bond donors (Lipinski definition) is 2. The number of nitrogens with two attached hydrogens (primary N) is 1. The number of hydrogen-bond acceptors (Lipinski definition) is 5. The van der Waals surface area contributed by atoms with Crippen molar-refractivity contribution in [1.29, 1.82) is 0 Å². The quantitative estimate of drug-likeness (QED) is 0.906. The Kier molecular flexibility index (Phi) is 4.29. The van der Waals surface area contributed by atoms with E-state index in [1.54, 1.807) is 18.4 Å². The van der Waals surface area contributed by atoms with Crippen molar-refractivity contribution in [1.82, 2.24) is 4.98 Å². The number of nitrogens with zero attached hydrogens (tertiary/aromatic N) is 1. The van der Waals surface area contributed by atoms with Crippen molar-refractivity contribution in [3.05, 3.63) is 28.1 Å². The molecule has 1 atom stereocenters. The number of aromatic nitrogens is 1. The van der Waals surface area contributed by atoms with Crippen LogP contribution in [0.3, 0.4) is 0 Å². The van der Waals surface area contributed by atoms with Crippen LogP contribution in [0.15, 0.2) is 18.2 Å². The van der Waals surface area contributed by atoms with Crippen molar-refractivity contribution >= 4 is 28.1 Å². The molecule has 6 heteroatoms. The zero-order valence-corrected chi connectivity index (χ0v) is 12.6. The van der Waals surface area contributed by atoms with Crippen LogP contribution in [-0.2, 0) is 0 Å². The van der Waals surface area contributed by atoms with Crippen LogP contribution in [0.2, 0.25) is 5.02 Å². The number of rotatable bonds is 4. The van der Waals surface area contributed by atoms with Crippen LogP contribution in [0.25, 0.3) is 11.3 Å². The maximum absolute atomic E-state index is 6.16. The van der Waals surface area contributed by atoms with Crippen LogP contribution in [0.4, 0.5) is 5.13 Å². The summed E-state index contributed by atoms with van der Waals surface area (Å²) < 4.78 is 5.15. The second-order valence-electron chi connectivity index (χ2n) is 4.12. The Morgan fingerprint density at radius 3 is 2.74 bits per heavy atom. The van der Waals surface area contributed by atoms with Crippen molar-refractivity contribution in [2.45, 2.75) is 13.0 Å². The van der Waals surface area contributed by atoms with E-state index < -0.39 is 0 Å². The molecule has 0 saturated heterocycles. The normalized spacial score (nSPS) is 12.3. The van der Waals surface area contributed by atoms with Crippen LogP contribution in [0.5, 0.6) is 5.75 Å². The van der Waals surface area contributed by atoms with Gasteiger partial charge in [-0.05, 0) is 25.1 Å². The average molecular weight is 298 g/mol. The van der Waals surface area contributed by atoms with Crippen LogP contribution in [-0.4, -0.2) is 19.1 Å². The van der Waals surface area contributed by atoms with Crippen molar-refractivity contribution in [2.24, 2.45) is 5.73 Å². The summed E-state index contributed by atoms with van der Waals surface area (Å²) in [4.78, 5) is 5.58. The largest absolute Gasteiger partial charge is 0.495 e. The van der Waals surface area contributed by atoms with Gasteiger partial charge in [0.25, 0.3) is 0 Å². The SMILES string of the molecule is CNc1nc(-c2ccc(OC)c(Cl)c2)c(C(C)N)s1. The summed E-state index contributed by atoms with van der Waals surface area (Å²) >= 11 is 7.71. The first-order valence-electron chi connectivity index (χ1n) is 5.84. The number of ether oxygens (including phenoxy) is 1. The van der Waals surface area contributed by atoms with Crippen molar-refractivity contribution in [3.8, 4) is 17.0 Å². The van der Waals surface area contributed by atoms with E-state index in [1.807, 2.05) is 32.2 Å². The predicted octanol–water partition coefficient (Wildman–Crippen LogP) is 3.53. The van der Waals surface area contributed by atoms with Gasteiger partial charge in [-0.3, -0.25) is 0 Å². The molecule has 2 rings (SSSR count). The molecule has 19 heavy (non-hydrogen) atoms. The minimum absolute atomic E-state index is 0.0736.